The highest BCUT2D eigenvalue weighted by molar-refractivity contribution is 6.30. The Labute approximate surface area is 131 Å². The predicted molar refractivity (Wildman–Crippen MR) is 88.8 cm³/mol. The summed E-state index contributed by atoms with van der Waals surface area (Å²) in [6.07, 6.45) is 2.01. The molecule has 0 saturated carbocycles. The zero-order valence-electron chi connectivity index (χ0n) is 12.5. The second kappa shape index (κ2) is 7.48. The Bertz CT molecular complexity index is 499. The standard InChI is InChI=1S/C18H22ClNO/c1-3-17(13-5-9-15(19)10-6-13)20-18(4-2)14-7-11-16(21)12-8-14/h5-12,17-18,20-21H,3-4H2,1-2H3. The molecule has 2 nitrogen and oxygen atoms in total. The summed E-state index contributed by atoms with van der Waals surface area (Å²) in [6.45, 7) is 4.34. The lowest BCUT2D eigenvalue weighted by molar-refractivity contribution is 0.425. The van der Waals surface area contributed by atoms with Gasteiger partial charge in [0, 0.05) is 17.1 Å². The van der Waals surface area contributed by atoms with Crippen LogP contribution in [0.5, 0.6) is 5.75 Å². The van der Waals surface area contributed by atoms with Crippen LogP contribution in [-0.2, 0) is 0 Å². The van der Waals surface area contributed by atoms with Gasteiger partial charge in [-0.2, -0.15) is 0 Å². The van der Waals surface area contributed by atoms with Gasteiger partial charge in [-0.05, 0) is 48.2 Å². The van der Waals surface area contributed by atoms with Crippen molar-refractivity contribution in [1.29, 1.82) is 0 Å². The van der Waals surface area contributed by atoms with Gasteiger partial charge in [0.2, 0.25) is 0 Å². The van der Waals surface area contributed by atoms with Crippen LogP contribution in [0.1, 0.15) is 49.9 Å². The first kappa shape index (κ1) is 15.9. The molecule has 0 amide bonds. The van der Waals surface area contributed by atoms with Crippen molar-refractivity contribution in [2.45, 2.75) is 38.8 Å². The quantitative estimate of drug-likeness (QED) is 0.765. The van der Waals surface area contributed by atoms with Gasteiger partial charge >= 0.3 is 0 Å². The zero-order valence-corrected chi connectivity index (χ0v) is 13.3. The second-order valence-electron chi connectivity index (χ2n) is 5.23. The van der Waals surface area contributed by atoms with Crippen molar-refractivity contribution in [1.82, 2.24) is 5.32 Å². The Balaban J connectivity index is 2.15. The van der Waals surface area contributed by atoms with E-state index in [-0.39, 0.29) is 6.04 Å². The van der Waals surface area contributed by atoms with E-state index in [9.17, 15) is 5.11 Å². The number of phenolic OH excluding ortho intramolecular Hbond substituents is 1. The molecule has 2 rings (SSSR count). The van der Waals surface area contributed by atoms with Crippen molar-refractivity contribution in [3.8, 4) is 5.75 Å². The summed E-state index contributed by atoms with van der Waals surface area (Å²) < 4.78 is 0. The van der Waals surface area contributed by atoms with Crippen molar-refractivity contribution >= 4 is 11.6 Å². The van der Waals surface area contributed by atoms with Crippen LogP contribution in [0.4, 0.5) is 0 Å². The first-order valence-electron chi connectivity index (χ1n) is 7.44. The van der Waals surface area contributed by atoms with Gasteiger partial charge in [0.25, 0.3) is 0 Å². The maximum Gasteiger partial charge on any atom is 0.115 e. The summed E-state index contributed by atoms with van der Waals surface area (Å²) in [5.41, 5.74) is 2.45. The molecule has 0 fully saturated rings. The van der Waals surface area contributed by atoms with Gasteiger partial charge in [0.1, 0.15) is 5.75 Å². The highest BCUT2D eigenvalue weighted by Gasteiger charge is 2.16. The van der Waals surface area contributed by atoms with Gasteiger partial charge < -0.3 is 10.4 Å². The number of benzene rings is 2. The van der Waals surface area contributed by atoms with Gasteiger partial charge in [-0.1, -0.05) is 49.7 Å². The molecular formula is C18H22ClNO. The van der Waals surface area contributed by atoms with E-state index < -0.39 is 0 Å². The Morgan fingerprint density at radius 1 is 0.857 bits per heavy atom. The Morgan fingerprint density at radius 2 is 1.29 bits per heavy atom. The molecule has 2 N–H and O–H groups in total. The van der Waals surface area contributed by atoms with E-state index in [1.807, 2.05) is 24.3 Å². The SMILES string of the molecule is CCC(NC(CC)c1ccc(Cl)cc1)c1ccc(O)cc1. The van der Waals surface area contributed by atoms with E-state index in [0.29, 0.717) is 11.8 Å². The van der Waals surface area contributed by atoms with Crippen LogP contribution in [0.2, 0.25) is 5.02 Å². The molecule has 2 aromatic rings. The molecule has 0 spiro atoms. The number of rotatable bonds is 6. The van der Waals surface area contributed by atoms with E-state index >= 15 is 0 Å². The Hall–Kier alpha value is -1.51. The third-order valence-corrected chi connectivity index (χ3v) is 4.04. The van der Waals surface area contributed by atoms with Crippen molar-refractivity contribution in [3.05, 3.63) is 64.7 Å². The summed E-state index contributed by atoms with van der Waals surface area (Å²) in [4.78, 5) is 0. The van der Waals surface area contributed by atoms with Crippen molar-refractivity contribution in [2.24, 2.45) is 0 Å². The first-order chi connectivity index (χ1) is 10.1. The van der Waals surface area contributed by atoms with Crippen LogP contribution in [0.3, 0.4) is 0 Å². The normalized spacial score (nSPS) is 13.9. The molecule has 0 heterocycles. The number of aromatic hydroxyl groups is 1. The van der Waals surface area contributed by atoms with Gasteiger partial charge in [0.15, 0.2) is 0 Å². The average Bonchev–Trinajstić information content (AvgIpc) is 2.51. The molecule has 2 atom stereocenters. The second-order valence-corrected chi connectivity index (χ2v) is 5.67. The third kappa shape index (κ3) is 4.23. The molecule has 2 unspecified atom stereocenters. The summed E-state index contributed by atoms with van der Waals surface area (Å²) in [7, 11) is 0. The number of halogens is 1. The number of phenols is 1. The lowest BCUT2D eigenvalue weighted by Crippen LogP contribution is -2.25. The van der Waals surface area contributed by atoms with E-state index in [2.05, 4.69) is 31.3 Å². The molecule has 21 heavy (non-hydrogen) atoms. The largest absolute Gasteiger partial charge is 0.508 e. The maximum absolute atomic E-state index is 9.41. The lowest BCUT2D eigenvalue weighted by atomic mass is 9.99. The molecule has 0 radical (unpaired) electrons. The molecule has 0 aliphatic carbocycles. The van der Waals surface area contributed by atoms with Gasteiger partial charge in [0.05, 0.1) is 0 Å². The van der Waals surface area contributed by atoms with Crippen LogP contribution in [0.25, 0.3) is 0 Å². The van der Waals surface area contributed by atoms with Crippen molar-refractivity contribution < 1.29 is 5.11 Å². The van der Waals surface area contributed by atoms with Crippen LogP contribution in [0, 0.1) is 0 Å². The molecule has 3 heteroatoms. The van der Waals surface area contributed by atoms with E-state index in [0.717, 1.165) is 17.9 Å². The monoisotopic (exact) mass is 303 g/mol. The minimum atomic E-state index is 0.270. The van der Waals surface area contributed by atoms with Crippen molar-refractivity contribution in [2.75, 3.05) is 0 Å². The van der Waals surface area contributed by atoms with E-state index in [1.165, 1.54) is 11.1 Å². The number of hydrogen-bond acceptors (Lipinski definition) is 2. The highest BCUT2D eigenvalue weighted by Crippen LogP contribution is 2.26. The minimum absolute atomic E-state index is 0.270. The molecule has 0 bridgehead atoms. The first-order valence-corrected chi connectivity index (χ1v) is 7.82. The predicted octanol–water partition coefficient (Wildman–Crippen LogP) is 5.24. The molecular weight excluding hydrogens is 282 g/mol. The minimum Gasteiger partial charge on any atom is -0.508 e. The van der Waals surface area contributed by atoms with E-state index in [4.69, 9.17) is 11.6 Å². The fraction of sp³-hybridized carbons (Fsp3) is 0.333. The number of nitrogens with one attached hydrogen (secondary N) is 1. The van der Waals surface area contributed by atoms with Crippen molar-refractivity contribution in [3.63, 3.8) is 0 Å². The average molecular weight is 304 g/mol. The Morgan fingerprint density at radius 3 is 1.71 bits per heavy atom. The zero-order chi connectivity index (χ0) is 15.2. The topological polar surface area (TPSA) is 32.3 Å². The highest BCUT2D eigenvalue weighted by atomic mass is 35.5. The molecule has 112 valence electrons. The fourth-order valence-electron chi connectivity index (χ4n) is 2.54. The smallest absolute Gasteiger partial charge is 0.115 e. The summed E-state index contributed by atoms with van der Waals surface area (Å²) in [5, 5.41) is 13.9. The molecule has 2 aromatic carbocycles. The molecule has 0 saturated heterocycles. The van der Waals surface area contributed by atoms with Gasteiger partial charge in [-0.15, -0.1) is 0 Å². The number of hydrogen-bond donors (Lipinski definition) is 2. The molecule has 0 aliphatic heterocycles. The van der Waals surface area contributed by atoms with Gasteiger partial charge in [-0.25, -0.2) is 0 Å². The molecule has 0 aromatic heterocycles. The van der Waals surface area contributed by atoms with Crippen LogP contribution >= 0.6 is 11.6 Å². The third-order valence-electron chi connectivity index (χ3n) is 3.79. The lowest BCUT2D eigenvalue weighted by Gasteiger charge is -2.25. The van der Waals surface area contributed by atoms with E-state index in [1.54, 1.807) is 12.1 Å². The van der Waals surface area contributed by atoms with Gasteiger partial charge in [-0.3, -0.25) is 0 Å². The Kier molecular flexibility index (Phi) is 5.66. The summed E-state index contributed by atoms with van der Waals surface area (Å²) in [6, 6.07) is 16.0. The summed E-state index contributed by atoms with van der Waals surface area (Å²) >= 11 is 5.96. The maximum atomic E-state index is 9.41. The fourth-order valence-corrected chi connectivity index (χ4v) is 2.67. The van der Waals surface area contributed by atoms with Crippen LogP contribution < -0.4 is 5.32 Å². The molecule has 0 aliphatic rings. The summed E-state index contributed by atoms with van der Waals surface area (Å²) in [5.74, 6) is 0.304. The van der Waals surface area contributed by atoms with Crippen LogP contribution in [-0.4, -0.2) is 5.11 Å². The van der Waals surface area contributed by atoms with Crippen LogP contribution in [0.15, 0.2) is 48.5 Å².